The van der Waals surface area contributed by atoms with Crippen LogP contribution in [0.3, 0.4) is 0 Å². The van der Waals surface area contributed by atoms with Gasteiger partial charge in [-0.3, -0.25) is 0 Å². The smallest absolute Gasteiger partial charge is 0.337 e. The van der Waals surface area contributed by atoms with Crippen molar-refractivity contribution < 1.29 is 17.9 Å². The van der Waals surface area contributed by atoms with Gasteiger partial charge in [0.15, 0.2) is 0 Å². The first kappa shape index (κ1) is 18.2. The van der Waals surface area contributed by atoms with Gasteiger partial charge in [-0.15, -0.1) is 0 Å². The highest BCUT2D eigenvalue weighted by Crippen LogP contribution is 2.29. The lowest BCUT2D eigenvalue weighted by Gasteiger charge is -2.33. The van der Waals surface area contributed by atoms with Crippen LogP contribution in [0.4, 0.5) is 0 Å². The van der Waals surface area contributed by atoms with Crippen molar-refractivity contribution in [3.05, 3.63) is 28.8 Å². The second-order valence-corrected chi connectivity index (χ2v) is 8.05. The summed E-state index contributed by atoms with van der Waals surface area (Å²) in [7, 11) is -2.43. The summed E-state index contributed by atoms with van der Waals surface area (Å²) in [4.78, 5) is 11.5. The van der Waals surface area contributed by atoms with Gasteiger partial charge in [-0.1, -0.05) is 11.6 Å². The Kier molecular flexibility index (Phi) is 5.67. The first-order chi connectivity index (χ1) is 10.8. The first-order valence-corrected chi connectivity index (χ1v) is 9.22. The minimum absolute atomic E-state index is 0.00562. The molecule has 0 spiro atoms. The van der Waals surface area contributed by atoms with E-state index in [0.29, 0.717) is 19.0 Å². The molecule has 1 atom stereocenters. The number of ether oxygens (including phenoxy) is 1. The molecular weight excluding hydrogens is 340 g/mol. The number of carbonyl (C=O) groups is 1. The van der Waals surface area contributed by atoms with Crippen molar-refractivity contribution in [2.75, 3.05) is 20.2 Å². The number of sulfonamides is 1. The number of carbonyl (C=O) groups excluding carboxylic acids is 1. The van der Waals surface area contributed by atoms with E-state index in [1.807, 2.05) is 6.92 Å². The fraction of sp³-hybridized carbons (Fsp3) is 0.533. The molecule has 1 heterocycles. The molecule has 1 aliphatic heterocycles. The summed E-state index contributed by atoms with van der Waals surface area (Å²) in [6, 6.07) is 4.12. The normalized spacial score (nSPS) is 18.6. The molecule has 1 unspecified atom stereocenters. The molecule has 128 valence electrons. The number of piperidine rings is 1. The van der Waals surface area contributed by atoms with Crippen molar-refractivity contribution in [3.8, 4) is 0 Å². The largest absolute Gasteiger partial charge is 0.465 e. The number of nitrogens with zero attached hydrogens (tertiary/aromatic N) is 1. The van der Waals surface area contributed by atoms with Crippen molar-refractivity contribution >= 4 is 27.6 Å². The predicted octanol–water partition coefficient (Wildman–Crippen LogP) is 1.87. The molecule has 1 aliphatic rings. The van der Waals surface area contributed by atoms with E-state index in [-0.39, 0.29) is 21.5 Å². The maximum Gasteiger partial charge on any atom is 0.337 e. The van der Waals surface area contributed by atoms with Gasteiger partial charge in [0.1, 0.15) is 4.90 Å². The van der Waals surface area contributed by atoms with Crippen LogP contribution < -0.4 is 5.73 Å². The molecule has 1 fully saturated rings. The lowest BCUT2D eigenvalue weighted by Crippen LogP contribution is -2.42. The van der Waals surface area contributed by atoms with Crippen LogP contribution in [0.15, 0.2) is 23.1 Å². The topological polar surface area (TPSA) is 89.7 Å². The maximum atomic E-state index is 12.7. The number of methoxy groups -OCH3 is 1. The molecule has 1 saturated heterocycles. The Balaban J connectivity index is 2.22. The van der Waals surface area contributed by atoms with Gasteiger partial charge >= 0.3 is 5.97 Å². The molecule has 6 nitrogen and oxygen atoms in total. The summed E-state index contributed by atoms with van der Waals surface area (Å²) < 4.78 is 31.5. The zero-order valence-electron chi connectivity index (χ0n) is 13.2. The number of nitrogens with two attached hydrogens (primary N) is 1. The zero-order valence-corrected chi connectivity index (χ0v) is 14.7. The van der Waals surface area contributed by atoms with Crippen molar-refractivity contribution in [2.24, 2.45) is 11.7 Å². The molecule has 0 saturated carbocycles. The van der Waals surface area contributed by atoms with E-state index in [2.05, 4.69) is 4.74 Å². The molecule has 1 aromatic carbocycles. The van der Waals surface area contributed by atoms with Gasteiger partial charge in [-0.05, 0) is 43.9 Å². The minimum atomic E-state index is -3.68. The van der Waals surface area contributed by atoms with Gasteiger partial charge < -0.3 is 10.5 Å². The van der Waals surface area contributed by atoms with Gasteiger partial charge in [0.25, 0.3) is 0 Å². The monoisotopic (exact) mass is 360 g/mol. The van der Waals surface area contributed by atoms with Crippen LogP contribution in [0.2, 0.25) is 5.02 Å². The van der Waals surface area contributed by atoms with Crippen molar-refractivity contribution in [3.63, 3.8) is 0 Å². The molecule has 0 radical (unpaired) electrons. The highest BCUT2D eigenvalue weighted by molar-refractivity contribution is 7.89. The standard InChI is InChI=1S/C15H21ClN2O4S/c1-10(17)11-5-7-18(8-6-11)23(20,21)14-4-3-12(9-13(14)16)15(19)22-2/h3-4,9-11H,5-8,17H2,1-2H3. The first-order valence-electron chi connectivity index (χ1n) is 7.41. The number of hydrogen-bond donors (Lipinski definition) is 1. The molecule has 0 bridgehead atoms. The average molecular weight is 361 g/mol. The van der Waals surface area contributed by atoms with Crippen molar-refractivity contribution in [1.29, 1.82) is 0 Å². The number of hydrogen-bond acceptors (Lipinski definition) is 5. The van der Waals surface area contributed by atoms with Gasteiger partial charge in [-0.25, -0.2) is 13.2 Å². The Morgan fingerprint density at radius 1 is 1.39 bits per heavy atom. The van der Waals surface area contributed by atoms with Crippen LogP contribution >= 0.6 is 11.6 Å². The van der Waals surface area contributed by atoms with E-state index in [4.69, 9.17) is 17.3 Å². The summed E-state index contributed by atoms with van der Waals surface area (Å²) in [5.41, 5.74) is 6.10. The minimum Gasteiger partial charge on any atom is -0.465 e. The molecular formula is C15H21ClN2O4S. The van der Waals surface area contributed by atoms with Crippen LogP contribution in [0.25, 0.3) is 0 Å². The number of esters is 1. The summed E-state index contributed by atoms with van der Waals surface area (Å²) in [5, 5.41) is 0.0159. The maximum absolute atomic E-state index is 12.7. The summed E-state index contributed by atoms with van der Waals surface area (Å²) in [5.74, 6) is -0.229. The quantitative estimate of drug-likeness (QED) is 0.828. The number of benzene rings is 1. The second kappa shape index (κ2) is 7.17. The number of rotatable bonds is 4. The molecule has 1 aromatic rings. The Morgan fingerprint density at radius 3 is 2.48 bits per heavy atom. The third-order valence-corrected chi connectivity index (χ3v) is 6.59. The fourth-order valence-electron chi connectivity index (χ4n) is 2.74. The van der Waals surface area contributed by atoms with Gasteiger partial charge in [0.05, 0.1) is 17.7 Å². The van der Waals surface area contributed by atoms with Gasteiger partial charge in [-0.2, -0.15) is 4.31 Å². The Morgan fingerprint density at radius 2 is 2.00 bits per heavy atom. The predicted molar refractivity (Wildman–Crippen MR) is 87.9 cm³/mol. The van der Waals surface area contributed by atoms with Crippen molar-refractivity contribution in [1.82, 2.24) is 4.31 Å². The Bertz CT molecular complexity index is 683. The molecule has 2 rings (SSSR count). The molecule has 0 aromatic heterocycles. The summed E-state index contributed by atoms with van der Waals surface area (Å²) in [6.45, 7) is 2.78. The van der Waals surface area contributed by atoms with Crippen molar-refractivity contribution in [2.45, 2.75) is 30.7 Å². The summed E-state index contributed by atoms with van der Waals surface area (Å²) >= 11 is 6.08. The van der Waals surface area contributed by atoms with Crippen LogP contribution in [0.5, 0.6) is 0 Å². The van der Waals surface area contributed by atoms with E-state index in [9.17, 15) is 13.2 Å². The third kappa shape index (κ3) is 3.85. The second-order valence-electron chi connectivity index (χ2n) is 5.74. The van der Waals surface area contributed by atoms with E-state index in [1.54, 1.807) is 0 Å². The molecule has 0 aliphatic carbocycles. The molecule has 8 heteroatoms. The highest BCUT2D eigenvalue weighted by Gasteiger charge is 2.32. The Labute approximate surface area is 141 Å². The average Bonchev–Trinajstić information content (AvgIpc) is 2.53. The lowest BCUT2D eigenvalue weighted by atomic mass is 9.92. The fourth-order valence-corrected chi connectivity index (χ4v) is 4.72. The van der Waals surface area contributed by atoms with Crippen LogP contribution in [0, 0.1) is 5.92 Å². The zero-order chi connectivity index (χ0) is 17.2. The SMILES string of the molecule is COC(=O)c1ccc(S(=O)(=O)N2CCC(C(C)N)CC2)c(Cl)c1. The van der Waals surface area contributed by atoms with Crippen LogP contribution in [0.1, 0.15) is 30.1 Å². The van der Waals surface area contributed by atoms with Crippen LogP contribution in [-0.4, -0.2) is 44.9 Å². The van der Waals surface area contributed by atoms with E-state index in [1.165, 1.54) is 29.6 Å². The number of halogens is 1. The molecule has 23 heavy (non-hydrogen) atoms. The molecule has 0 amide bonds. The van der Waals surface area contributed by atoms with E-state index in [0.717, 1.165) is 12.8 Å². The Hall–Kier alpha value is -1.15. The van der Waals surface area contributed by atoms with Gasteiger partial charge in [0, 0.05) is 19.1 Å². The summed E-state index contributed by atoms with van der Waals surface area (Å²) in [6.07, 6.45) is 1.46. The van der Waals surface area contributed by atoms with E-state index < -0.39 is 16.0 Å². The third-order valence-electron chi connectivity index (χ3n) is 4.21. The van der Waals surface area contributed by atoms with E-state index >= 15 is 0 Å². The van der Waals surface area contributed by atoms with Crippen LogP contribution in [-0.2, 0) is 14.8 Å². The molecule has 2 N–H and O–H groups in total. The highest BCUT2D eigenvalue weighted by atomic mass is 35.5. The lowest BCUT2D eigenvalue weighted by molar-refractivity contribution is 0.0600. The van der Waals surface area contributed by atoms with Gasteiger partial charge in [0.2, 0.25) is 10.0 Å².